The van der Waals surface area contributed by atoms with Gasteiger partial charge in [-0.25, -0.2) is 0 Å². The molecular formula is C90H117O3P. The van der Waals surface area contributed by atoms with Crippen LogP contribution in [-0.4, -0.2) is 18.3 Å². The number of benzene rings is 6. The monoisotopic (exact) mass is 1280 g/mol. The van der Waals surface area contributed by atoms with Crippen LogP contribution in [0.2, 0.25) is 0 Å². The molecule has 3 aliphatic carbocycles. The second kappa shape index (κ2) is 27.5. The van der Waals surface area contributed by atoms with E-state index in [4.69, 9.17) is 13.6 Å². The molecule has 0 fully saturated rings. The van der Waals surface area contributed by atoms with E-state index in [0.717, 1.165) is 38.5 Å². The van der Waals surface area contributed by atoms with Crippen molar-refractivity contribution in [3.05, 3.63) is 282 Å². The molecule has 0 amide bonds. The Morgan fingerprint density at radius 2 is 0.553 bits per heavy atom. The fourth-order valence-corrected chi connectivity index (χ4v) is 17.5. The lowest BCUT2D eigenvalue weighted by atomic mass is 9.54. The van der Waals surface area contributed by atoms with Crippen molar-refractivity contribution in [2.45, 2.75) is 239 Å². The zero-order valence-electron chi connectivity index (χ0n) is 62.5. The van der Waals surface area contributed by atoms with Crippen molar-refractivity contribution in [1.29, 1.82) is 0 Å². The van der Waals surface area contributed by atoms with Crippen molar-refractivity contribution < 1.29 is 13.6 Å². The zero-order chi connectivity index (χ0) is 68.8. The Hall–Kier alpha value is -5.93. The fraction of sp³-hybridized carbons (Fsp3) is 0.467. The van der Waals surface area contributed by atoms with Crippen molar-refractivity contribution >= 4 is 8.60 Å². The highest BCUT2D eigenvalue weighted by Crippen LogP contribution is 2.66. The van der Waals surface area contributed by atoms with Gasteiger partial charge in [-0.15, -0.1) is 0 Å². The van der Waals surface area contributed by atoms with Crippen LogP contribution in [0.3, 0.4) is 0 Å². The maximum absolute atomic E-state index is 8.82. The summed E-state index contributed by atoms with van der Waals surface area (Å²) < 4.78 is 26.5. The lowest BCUT2D eigenvalue weighted by Gasteiger charge is -2.56. The van der Waals surface area contributed by atoms with Crippen LogP contribution < -0.4 is 0 Å². The summed E-state index contributed by atoms with van der Waals surface area (Å²) in [7, 11) is -2.38. The van der Waals surface area contributed by atoms with Gasteiger partial charge in [-0.1, -0.05) is 307 Å². The van der Waals surface area contributed by atoms with Crippen molar-refractivity contribution in [3.8, 4) is 0 Å². The number of hydrogen-bond acceptors (Lipinski definition) is 3. The predicted molar refractivity (Wildman–Crippen MR) is 404 cm³/mol. The first-order valence-corrected chi connectivity index (χ1v) is 36.6. The summed E-state index contributed by atoms with van der Waals surface area (Å²) in [5.74, 6) is 0. The summed E-state index contributed by atoms with van der Waals surface area (Å²) in [6, 6.07) is 48.3. The molecule has 9 rings (SSSR count). The average molecular weight is 1280 g/mol. The summed E-state index contributed by atoms with van der Waals surface area (Å²) >= 11 is 0. The largest absolute Gasteiger partial charge is 0.334 e. The topological polar surface area (TPSA) is 27.7 Å². The molecule has 0 aliphatic heterocycles. The zero-order valence-corrected chi connectivity index (χ0v) is 63.4. The van der Waals surface area contributed by atoms with E-state index in [0.29, 0.717) is 0 Å². The Balaban J connectivity index is 1.40. The summed E-state index contributed by atoms with van der Waals surface area (Å²) in [4.78, 5) is 0. The van der Waals surface area contributed by atoms with E-state index >= 15 is 0 Å². The highest BCUT2D eigenvalue weighted by molar-refractivity contribution is 7.41. The normalized spacial score (nSPS) is 22.5. The molecule has 0 N–H and O–H groups in total. The highest BCUT2D eigenvalue weighted by Gasteiger charge is 2.60. The van der Waals surface area contributed by atoms with Gasteiger partial charge in [0.2, 0.25) is 0 Å². The molecule has 3 aliphatic rings. The third-order valence-electron chi connectivity index (χ3n) is 24.0. The van der Waals surface area contributed by atoms with E-state index in [1.54, 1.807) is 0 Å². The third kappa shape index (κ3) is 13.3. The van der Waals surface area contributed by atoms with Crippen molar-refractivity contribution in [2.75, 3.05) is 0 Å². The minimum atomic E-state index is -2.38. The SMILES string of the molecule is CCC(C)(C)C1=CC=CC(c2ccccc2Cc2cccc(C)c2C)(C(C)(C)C)C1OP(OC1C(C(C)(C)CC)=CC=CC1(c1ccccc1Cc1cccc(C)c1C)C(C)(C)C)OC1C(C(C)(C)CC)=CC=CC1(c1ccccc1Cc1cccc(C)c1C)C(C)(C)C. The van der Waals surface area contributed by atoms with Crippen LogP contribution in [0, 0.1) is 74.0 Å². The maximum atomic E-state index is 8.82. The molecule has 6 atom stereocenters. The predicted octanol–water partition coefficient (Wildman–Crippen LogP) is 24.7. The molecule has 0 saturated carbocycles. The molecule has 6 aromatic carbocycles. The van der Waals surface area contributed by atoms with Crippen LogP contribution in [0.25, 0.3) is 0 Å². The molecule has 0 bridgehead atoms. The first-order valence-electron chi connectivity index (χ1n) is 35.5. The van der Waals surface area contributed by atoms with Crippen LogP contribution in [0.5, 0.6) is 0 Å². The maximum Gasteiger partial charge on any atom is 0.334 e. The van der Waals surface area contributed by atoms with E-state index in [1.807, 2.05) is 0 Å². The van der Waals surface area contributed by atoms with Crippen LogP contribution in [0.1, 0.15) is 227 Å². The third-order valence-corrected chi connectivity index (χ3v) is 25.1. The second-order valence-corrected chi connectivity index (χ2v) is 34.4. The van der Waals surface area contributed by atoms with Gasteiger partial charge in [-0.3, -0.25) is 0 Å². The minimum absolute atomic E-state index is 0.301. The number of allylic oxidation sites excluding steroid dienone is 6. The number of rotatable bonds is 21. The van der Waals surface area contributed by atoms with E-state index in [1.165, 1.54) is 100 Å². The lowest BCUT2D eigenvalue weighted by Crippen LogP contribution is -2.56. The molecule has 0 radical (unpaired) electrons. The summed E-state index contributed by atoms with van der Waals surface area (Å²) in [5.41, 5.74) is 19.1. The molecule has 0 spiro atoms. The van der Waals surface area contributed by atoms with Crippen molar-refractivity contribution in [3.63, 3.8) is 0 Å². The Bertz CT molecular complexity index is 3500. The molecule has 0 aromatic heterocycles. The van der Waals surface area contributed by atoms with Crippen molar-refractivity contribution in [1.82, 2.24) is 0 Å². The molecule has 94 heavy (non-hydrogen) atoms. The fourth-order valence-electron chi connectivity index (χ4n) is 16.0. The Kier molecular flexibility index (Phi) is 21.2. The van der Waals surface area contributed by atoms with Gasteiger partial charge in [0.1, 0.15) is 18.3 Å². The van der Waals surface area contributed by atoms with Gasteiger partial charge in [-0.05, 0) is 213 Å². The molecule has 4 heteroatoms. The molecule has 0 saturated heterocycles. The number of hydrogen-bond donors (Lipinski definition) is 0. The van der Waals surface area contributed by atoms with Crippen LogP contribution in [-0.2, 0) is 49.1 Å². The van der Waals surface area contributed by atoms with Crippen molar-refractivity contribution in [2.24, 2.45) is 32.5 Å². The van der Waals surface area contributed by atoms with E-state index in [-0.39, 0.29) is 16.2 Å². The van der Waals surface area contributed by atoms with Gasteiger partial charge in [-0.2, -0.15) is 0 Å². The quantitative estimate of drug-likeness (QED) is 0.0672. The minimum Gasteiger partial charge on any atom is -0.303 e. The molecule has 500 valence electrons. The summed E-state index contributed by atoms with van der Waals surface area (Å²) in [6.45, 7) is 57.1. The average Bonchev–Trinajstić information content (AvgIpc) is 0.725. The van der Waals surface area contributed by atoms with Gasteiger partial charge in [0.05, 0.1) is 0 Å². The molecule has 3 nitrogen and oxygen atoms in total. The number of aryl methyl sites for hydroxylation is 3. The second-order valence-electron chi connectivity index (χ2n) is 33.3. The van der Waals surface area contributed by atoms with Gasteiger partial charge in [0.25, 0.3) is 0 Å². The van der Waals surface area contributed by atoms with Gasteiger partial charge in [0.15, 0.2) is 0 Å². The van der Waals surface area contributed by atoms with E-state index in [2.05, 4.69) is 348 Å². The Morgan fingerprint density at radius 1 is 0.319 bits per heavy atom. The first kappa shape index (κ1) is 72.3. The molecule has 0 heterocycles. The Labute approximate surface area is 572 Å². The smallest absolute Gasteiger partial charge is 0.303 e. The summed E-state index contributed by atoms with van der Waals surface area (Å²) in [6.07, 6.45) is 25.2. The lowest BCUT2D eigenvalue weighted by molar-refractivity contribution is -0.0147. The van der Waals surface area contributed by atoms with E-state index in [9.17, 15) is 0 Å². The highest BCUT2D eigenvalue weighted by atomic mass is 31.2. The van der Waals surface area contributed by atoms with Crippen LogP contribution >= 0.6 is 8.60 Å². The van der Waals surface area contributed by atoms with Gasteiger partial charge < -0.3 is 13.6 Å². The van der Waals surface area contributed by atoms with E-state index < -0.39 is 59.4 Å². The Morgan fingerprint density at radius 3 is 0.787 bits per heavy atom. The first-order chi connectivity index (χ1) is 44.1. The van der Waals surface area contributed by atoms with Crippen LogP contribution in [0.15, 0.2) is 199 Å². The molecule has 6 unspecified atom stereocenters. The van der Waals surface area contributed by atoms with Gasteiger partial charge >= 0.3 is 8.60 Å². The molecular weight excluding hydrogens is 1160 g/mol. The van der Waals surface area contributed by atoms with Gasteiger partial charge in [0, 0.05) is 16.2 Å². The summed E-state index contributed by atoms with van der Waals surface area (Å²) in [5, 5.41) is 0. The van der Waals surface area contributed by atoms with Crippen LogP contribution in [0.4, 0.5) is 0 Å². The standard InChI is InChI=1S/C90H117O3P/c1-25-85(19,20)76-52-37-55-88(82(10,11)12,73-49-31-28-43-70(73)58-67-46-34-40-61(4)64(67)7)79(76)91-94(92-80-77(86(21,22)26-2)53-38-56-89(80,83(13,14)15)74-50-32-29-44-71(74)59-68-47-35-41-62(5)65(68)8)93-81-78(87(23,24)27-3)54-39-57-90(81,84(16,17)18)75-51-33-30-45-72(75)60-69-48-36-42-63(6)66(69)9/h28-57,79-81H,25-27,58-60H2,1-24H3. The molecule has 6 aromatic rings.